The van der Waals surface area contributed by atoms with E-state index in [0.717, 1.165) is 5.39 Å². The van der Waals surface area contributed by atoms with Crippen LogP contribution < -0.4 is 5.32 Å². The van der Waals surface area contributed by atoms with Crippen molar-refractivity contribution in [1.82, 2.24) is 10.3 Å². The van der Waals surface area contributed by atoms with Crippen LogP contribution in [0, 0.1) is 5.82 Å². The number of halogens is 3. The molecule has 3 rings (SSSR count). The van der Waals surface area contributed by atoms with Gasteiger partial charge in [-0.15, -0.1) is 0 Å². The molecule has 0 aliphatic carbocycles. The summed E-state index contributed by atoms with van der Waals surface area (Å²) >= 11 is 12.2. The molecule has 8 heteroatoms. The minimum Gasteiger partial charge on any atom is -0.480 e. The lowest BCUT2D eigenvalue weighted by Crippen LogP contribution is -2.42. The summed E-state index contributed by atoms with van der Waals surface area (Å²) in [4.78, 5) is 26.8. The van der Waals surface area contributed by atoms with Crippen LogP contribution in [-0.4, -0.2) is 28.0 Å². The maximum absolute atomic E-state index is 13.3. The van der Waals surface area contributed by atoms with Gasteiger partial charge in [-0.2, -0.15) is 0 Å². The van der Waals surface area contributed by atoms with E-state index in [2.05, 4.69) is 10.3 Å². The molecule has 0 saturated carbocycles. The quantitative estimate of drug-likeness (QED) is 0.528. The Morgan fingerprint density at radius 2 is 1.86 bits per heavy atom. The van der Waals surface area contributed by atoms with Crippen molar-refractivity contribution in [3.63, 3.8) is 0 Å². The number of rotatable bonds is 7. The van der Waals surface area contributed by atoms with Gasteiger partial charge in [-0.05, 0) is 53.8 Å². The fourth-order valence-corrected chi connectivity index (χ4v) is 3.55. The van der Waals surface area contributed by atoms with Crippen molar-refractivity contribution in [1.29, 1.82) is 0 Å². The van der Waals surface area contributed by atoms with Gasteiger partial charge in [0, 0.05) is 34.1 Å². The first-order valence-electron chi connectivity index (χ1n) is 8.55. The molecule has 1 heterocycles. The first-order chi connectivity index (χ1) is 13.3. The number of aliphatic carboxylic acids is 1. The number of carboxylic acids is 1. The first kappa shape index (κ1) is 20.2. The number of benzene rings is 2. The van der Waals surface area contributed by atoms with Crippen molar-refractivity contribution in [3.8, 4) is 0 Å². The van der Waals surface area contributed by atoms with Crippen molar-refractivity contribution in [2.45, 2.75) is 25.3 Å². The minimum atomic E-state index is -1.16. The van der Waals surface area contributed by atoms with Crippen LogP contribution in [0.4, 0.5) is 4.39 Å². The normalized spacial score (nSPS) is 12.1. The molecule has 28 heavy (non-hydrogen) atoms. The highest BCUT2D eigenvalue weighted by molar-refractivity contribution is 6.36. The number of carboxylic acid groups (broad SMARTS) is 1. The maximum atomic E-state index is 13.3. The van der Waals surface area contributed by atoms with E-state index in [0.29, 0.717) is 33.2 Å². The highest BCUT2D eigenvalue weighted by Crippen LogP contribution is 2.25. The van der Waals surface area contributed by atoms with Crippen molar-refractivity contribution in [3.05, 3.63) is 69.6 Å². The van der Waals surface area contributed by atoms with Crippen LogP contribution in [0.5, 0.6) is 0 Å². The Labute approximate surface area is 170 Å². The molecular weight excluding hydrogens is 406 g/mol. The molecule has 0 saturated heterocycles. The molecule has 0 aliphatic rings. The molecule has 0 spiro atoms. The molecule has 1 aromatic heterocycles. The number of carbonyl (C=O) groups excluding carboxylic acids is 1. The molecule has 0 radical (unpaired) electrons. The Morgan fingerprint density at radius 3 is 2.54 bits per heavy atom. The van der Waals surface area contributed by atoms with E-state index in [9.17, 15) is 19.1 Å². The number of amides is 1. The van der Waals surface area contributed by atoms with E-state index in [1.54, 1.807) is 30.3 Å². The van der Waals surface area contributed by atoms with Crippen LogP contribution in [0.3, 0.4) is 0 Å². The Hall–Kier alpha value is -2.57. The van der Waals surface area contributed by atoms with Gasteiger partial charge in [0.15, 0.2) is 0 Å². The van der Waals surface area contributed by atoms with Crippen LogP contribution in [0.1, 0.15) is 17.7 Å². The number of carbonyl (C=O) groups is 2. The first-order valence-corrected chi connectivity index (χ1v) is 9.31. The molecule has 1 atom stereocenters. The Kier molecular flexibility index (Phi) is 6.21. The summed E-state index contributed by atoms with van der Waals surface area (Å²) < 4.78 is 13.3. The standard InChI is InChI=1S/C20H17Cl2FN2O3/c21-15-2-1-3-16(22)14(15)6-7-19(26)25-18(20(27)28)10-13-8-11-4-5-12(23)9-17(11)24-13/h1-5,8-9,18,24H,6-7,10H2,(H,25,26)(H,27,28)/t18-/m1/s1. The molecule has 0 bridgehead atoms. The number of aromatic nitrogens is 1. The van der Waals surface area contributed by atoms with E-state index in [1.165, 1.54) is 12.1 Å². The van der Waals surface area contributed by atoms with Crippen LogP contribution in [0.15, 0.2) is 42.5 Å². The van der Waals surface area contributed by atoms with Crippen molar-refractivity contribution in [2.75, 3.05) is 0 Å². The number of aromatic amines is 1. The predicted octanol–water partition coefficient (Wildman–Crippen LogP) is 4.36. The lowest BCUT2D eigenvalue weighted by atomic mass is 10.1. The fraction of sp³-hybridized carbons (Fsp3) is 0.200. The van der Waals surface area contributed by atoms with Gasteiger partial charge in [-0.25, -0.2) is 9.18 Å². The molecule has 0 fully saturated rings. The van der Waals surface area contributed by atoms with Crippen LogP contribution in [-0.2, 0) is 22.4 Å². The second kappa shape index (κ2) is 8.63. The van der Waals surface area contributed by atoms with Gasteiger partial charge in [-0.3, -0.25) is 4.79 Å². The van der Waals surface area contributed by atoms with Gasteiger partial charge >= 0.3 is 5.97 Å². The second-order valence-corrected chi connectivity index (χ2v) is 7.20. The SMILES string of the molecule is O=C(CCc1c(Cl)cccc1Cl)N[C@H](Cc1cc2ccc(F)cc2[nH]1)C(=O)O. The van der Waals surface area contributed by atoms with Gasteiger partial charge in [0.05, 0.1) is 0 Å². The van der Waals surface area contributed by atoms with Gasteiger partial charge in [0.25, 0.3) is 0 Å². The van der Waals surface area contributed by atoms with Crippen molar-refractivity contribution >= 4 is 46.0 Å². The highest BCUT2D eigenvalue weighted by atomic mass is 35.5. The van der Waals surface area contributed by atoms with Crippen molar-refractivity contribution < 1.29 is 19.1 Å². The van der Waals surface area contributed by atoms with Crippen LogP contribution in [0.2, 0.25) is 10.0 Å². The second-order valence-electron chi connectivity index (χ2n) is 6.39. The third-order valence-corrected chi connectivity index (χ3v) is 5.07. The van der Waals surface area contributed by atoms with Gasteiger partial charge in [0.2, 0.25) is 5.91 Å². The average Bonchev–Trinajstić information content (AvgIpc) is 3.02. The third-order valence-electron chi connectivity index (χ3n) is 4.36. The number of H-pyrrole nitrogens is 1. The fourth-order valence-electron chi connectivity index (χ4n) is 2.97. The van der Waals surface area contributed by atoms with E-state index in [-0.39, 0.29) is 18.7 Å². The monoisotopic (exact) mass is 422 g/mol. The summed E-state index contributed by atoms with van der Waals surface area (Å²) in [6.45, 7) is 0. The molecule has 146 valence electrons. The van der Waals surface area contributed by atoms with E-state index < -0.39 is 17.9 Å². The van der Waals surface area contributed by atoms with E-state index in [4.69, 9.17) is 23.2 Å². The number of hydrogen-bond donors (Lipinski definition) is 3. The van der Waals surface area contributed by atoms with Gasteiger partial charge < -0.3 is 15.4 Å². The number of nitrogens with one attached hydrogen (secondary N) is 2. The van der Waals surface area contributed by atoms with Crippen LogP contribution >= 0.6 is 23.2 Å². The molecule has 0 aliphatic heterocycles. The zero-order valence-corrected chi connectivity index (χ0v) is 16.1. The van der Waals surface area contributed by atoms with Crippen molar-refractivity contribution in [2.24, 2.45) is 0 Å². The van der Waals surface area contributed by atoms with Gasteiger partial charge in [0.1, 0.15) is 11.9 Å². The molecule has 1 amide bonds. The summed E-state index contributed by atoms with van der Waals surface area (Å²) in [6.07, 6.45) is 0.387. The van der Waals surface area contributed by atoms with Gasteiger partial charge in [-0.1, -0.05) is 29.3 Å². The summed E-state index contributed by atoms with van der Waals surface area (Å²) in [7, 11) is 0. The number of hydrogen-bond acceptors (Lipinski definition) is 2. The van der Waals surface area contributed by atoms with Crippen LogP contribution in [0.25, 0.3) is 10.9 Å². The molecule has 3 aromatic rings. The smallest absolute Gasteiger partial charge is 0.326 e. The minimum absolute atomic E-state index is 0.0459. The molecule has 3 N–H and O–H groups in total. The Bertz CT molecular complexity index is 1020. The topological polar surface area (TPSA) is 82.2 Å². The molecule has 5 nitrogen and oxygen atoms in total. The summed E-state index contributed by atoms with van der Waals surface area (Å²) in [5.41, 5.74) is 1.80. The Morgan fingerprint density at radius 1 is 1.14 bits per heavy atom. The summed E-state index contributed by atoms with van der Waals surface area (Å²) in [6, 6.07) is 9.95. The average molecular weight is 423 g/mol. The lowest BCUT2D eigenvalue weighted by molar-refractivity contribution is -0.141. The predicted molar refractivity (Wildman–Crippen MR) is 106 cm³/mol. The summed E-state index contributed by atoms with van der Waals surface area (Å²) in [5, 5.41) is 13.6. The van der Waals surface area contributed by atoms with E-state index >= 15 is 0 Å². The largest absolute Gasteiger partial charge is 0.480 e. The lowest BCUT2D eigenvalue weighted by Gasteiger charge is -2.14. The maximum Gasteiger partial charge on any atom is 0.326 e. The van der Waals surface area contributed by atoms with E-state index in [1.807, 2.05) is 0 Å². The highest BCUT2D eigenvalue weighted by Gasteiger charge is 2.21. The Balaban J connectivity index is 1.65. The molecule has 0 unspecified atom stereocenters. The third kappa shape index (κ3) is 4.82. The molecule has 2 aromatic carbocycles. The summed E-state index contributed by atoms with van der Waals surface area (Å²) in [5.74, 6) is -1.97. The number of fused-ring (bicyclic) bond motifs is 1. The zero-order chi connectivity index (χ0) is 20.3. The molecular formula is C20H17Cl2FN2O3. The zero-order valence-electron chi connectivity index (χ0n) is 14.6.